The van der Waals surface area contributed by atoms with E-state index in [4.69, 9.17) is 4.74 Å². The van der Waals surface area contributed by atoms with Gasteiger partial charge in [0.15, 0.2) is 0 Å². The predicted octanol–water partition coefficient (Wildman–Crippen LogP) is 3.37. The zero-order chi connectivity index (χ0) is 13.2. The summed E-state index contributed by atoms with van der Waals surface area (Å²) in [5.41, 5.74) is 0. The lowest BCUT2D eigenvalue weighted by Gasteiger charge is -2.33. The van der Waals surface area contributed by atoms with Crippen molar-refractivity contribution in [3.05, 3.63) is 0 Å². The lowest BCUT2D eigenvalue weighted by molar-refractivity contribution is -0.148. The number of piperidine rings is 1. The molecule has 0 saturated carbocycles. The molecule has 0 aromatic rings. The van der Waals surface area contributed by atoms with Crippen molar-refractivity contribution < 1.29 is 9.53 Å². The fourth-order valence-electron chi connectivity index (χ4n) is 2.76. The summed E-state index contributed by atoms with van der Waals surface area (Å²) in [5, 5.41) is 0. The minimum Gasteiger partial charge on any atom is -0.468 e. The van der Waals surface area contributed by atoms with Gasteiger partial charge >= 0.3 is 5.97 Å². The monoisotopic (exact) mass is 255 g/mol. The van der Waals surface area contributed by atoms with Gasteiger partial charge in [-0.3, -0.25) is 9.69 Å². The van der Waals surface area contributed by atoms with Crippen molar-refractivity contribution in [2.24, 2.45) is 0 Å². The molecule has 0 radical (unpaired) electrons. The molecule has 1 aliphatic heterocycles. The van der Waals surface area contributed by atoms with E-state index in [1.54, 1.807) is 0 Å². The molecule has 1 saturated heterocycles. The SMILES string of the molecule is CCCCCCCCN1CCCCC1C(=O)OC. The molecule has 0 N–H and O–H groups in total. The van der Waals surface area contributed by atoms with E-state index in [1.165, 1.54) is 52.1 Å². The first-order valence-corrected chi connectivity index (χ1v) is 7.61. The van der Waals surface area contributed by atoms with E-state index in [2.05, 4.69) is 11.8 Å². The van der Waals surface area contributed by atoms with Crippen LogP contribution in [0, 0.1) is 0 Å². The number of carbonyl (C=O) groups excluding carboxylic acids is 1. The van der Waals surface area contributed by atoms with Crippen molar-refractivity contribution in [3.8, 4) is 0 Å². The number of likely N-dealkylation sites (tertiary alicyclic amines) is 1. The molecule has 0 amide bonds. The van der Waals surface area contributed by atoms with Crippen molar-refractivity contribution in [2.45, 2.75) is 70.8 Å². The van der Waals surface area contributed by atoms with Crippen LogP contribution in [0.3, 0.4) is 0 Å². The highest BCUT2D eigenvalue weighted by Crippen LogP contribution is 2.19. The van der Waals surface area contributed by atoms with Crippen LogP contribution in [0.15, 0.2) is 0 Å². The van der Waals surface area contributed by atoms with Crippen LogP contribution in [0.25, 0.3) is 0 Å². The molecule has 106 valence electrons. The standard InChI is InChI=1S/C15H29NO2/c1-3-4-5-6-7-9-12-16-13-10-8-11-14(16)15(17)18-2/h14H,3-13H2,1-2H3. The summed E-state index contributed by atoms with van der Waals surface area (Å²) in [6, 6.07) is 0.0272. The van der Waals surface area contributed by atoms with Gasteiger partial charge < -0.3 is 4.74 Å². The maximum absolute atomic E-state index is 11.7. The summed E-state index contributed by atoms with van der Waals surface area (Å²) in [7, 11) is 1.50. The van der Waals surface area contributed by atoms with Crippen LogP contribution in [0.4, 0.5) is 0 Å². The van der Waals surface area contributed by atoms with Crippen molar-refractivity contribution in [1.29, 1.82) is 0 Å². The maximum atomic E-state index is 11.7. The molecule has 1 rings (SSSR count). The van der Waals surface area contributed by atoms with E-state index in [1.807, 2.05) is 0 Å². The van der Waals surface area contributed by atoms with Crippen molar-refractivity contribution in [2.75, 3.05) is 20.2 Å². The number of nitrogens with zero attached hydrogens (tertiary/aromatic N) is 1. The van der Waals surface area contributed by atoms with Gasteiger partial charge in [-0.25, -0.2) is 0 Å². The van der Waals surface area contributed by atoms with Crippen LogP contribution in [0.5, 0.6) is 0 Å². The third-order valence-corrected chi connectivity index (χ3v) is 3.89. The van der Waals surface area contributed by atoms with Gasteiger partial charge in [0.25, 0.3) is 0 Å². The van der Waals surface area contributed by atoms with E-state index < -0.39 is 0 Å². The summed E-state index contributed by atoms with van der Waals surface area (Å²) < 4.78 is 4.90. The molecule has 0 aliphatic carbocycles. The molecular formula is C15H29NO2. The van der Waals surface area contributed by atoms with Crippen molar-refractivity contribution >= 4 is 5.97 Å². The highest BCUT2D eigenvalue weighted by Gasteiger charge is 2.28. The molecule has 1 atom stereocenters. The molecule has 3 heteroatoms. The second kappa shape index (κ2) is 9.37. The quantitative estimate of drug-likeness (QED) is 0.492. The number of hydrogen-bond donors (Lipinski definition) is 0. The van der Waals surface area contributed by atoms with Crippen molar-refractivity contribution in [1.82, 2.24) is 4.90 Å². The summed E-state index contributed by atoms with van der Waals surface area (Å²) in [5.74, 6) is -0.0410. The average molecular weight is 255 g/mol. The summed E-state index contributed by atoms with van der Waals surface area (Å²) >= 11 is 0. The number of ether oxygens (including phenoxy) is 1. The van der Waals surface area contributed by atoms with E-state index in [0.29, 0.717) is 0 Å². The fraction of sp³-hybridized carbons (Fsp3) is 0.933. The zero-order valence-electron chi connectivity index (χ0n) is 12.1. The molecule has 1 fully saturated rings. The maximum Gasteiger partial charge on any atom is 0.323 e. The molecule has 0 aromatic carbocycles. The summed E-state index contributed by atoms with van der Waals surface area (Å²) in [6.07, 6.45) is 11.2. The number of methoxy groups -OCH3 is 1. The minimum absolute atomic E-state index is 0.0272. The molecule has 1 heterocycles. The molecule has 0 bridgehead atoms. The topological polar surface area (TPSA) is 29.5 Å². The van der Waals surface area contributed by atoms with E-state index >= 15 is 0 Å². The highest BCUT2D eigenvalue weighted by molar-refractivity contribution is 5.75. The summed E-state index contributed by atoms with van der Waals surface area (Å²) in [4.78, 5) is 14.0. The third-order valence-electron chi connectivity index (χ3n) is 3.89. The van der Waals surface area contributed by atoms with Crippen LogP contribution in [-0.4, -0.2) is 37.1 Å². The smallest absolute Gasteiger partial charge is 0.323 e. The Kier molecular flexibility index (Phi) is 8.06. The number of hydrogen-bond acceptors (Lipinski definition) is 3. The van der Waals surface area contributed by atoms with Gasteiger partial charge in [0.05, 0.1) is 7.11 Å². The van der Waals surface area contributed by atoms with Crippen LogP contribution in [-0.2, 0) is 9.53 Å². The van der Waals surface area contributed by atoms with E-state index in [-0.39, 0.29) is 12.0 Å². The first-order chi connectivity index (χ1) is 8.79. The second-order valence-corrected chi connectivity index (χ2v) is 5.34. The normalized spacial score (nSPS) is 20.9. The summed E-state index contributed by atoms with van der Waals surface area (Å²) in [6.45, 7) is 4.37. The molecule has 1 aliphatic rings. The van der Waals surface area contributed by atoms with E-state index in [9.17, 15) is 4.79 Å². The number of carbonyl (C=O) groups is 1. The lowest BCUT2D eigenvalue weighted by Crippen LogP contribution is -2.45. The Hall–Kier alpha value is -0.570. The van der Waals surface area contributed by atoms with Gasteiger partial charge in [0.1, 0.15) is 6.04 Å². The van der Waals surface area contributed by atoms with Crippen LogP contribution in [0.1, 0.15) is 64.7 Å². The predicted molar refractivity (Wildman–Crippen MR) is 74.6 cm³/mol. The Bertz CT molecular complexity index is 231. The molecule has 3 nitrogen and oxygen atoms in total. The number of esters is 1. The number of rotatable bonds is 8. The minimum atomic E-state index is -0.0410. The van der Waals surface area contributed by atoms with Gasteiger partial charge in [-0.15, -0.1) is 0 Å². The first-order valence-electron chi connectivity index (χ1n) is 7.61. The molecule has 0 aromatic heterocycles. The van der Waals surface area contributed by atoms with Gasteiger partial charge in [-0.2, -0.15) is 0 Å². The van der Waals surface area contributed by atoms with Crippen molar-refractivity contribution in [3.63, 3.8) is 0 Å². The molecule has 1 unspecified atom stereocenters. The Balaban J connectivity index is 2.19. The molecule has 0 spiro atoms. The van der Waals surface area contributed by atoms with Crippen LogP contribution >= 0.6 is 0 Å². The Morgan fingerprint density at radius 3 is 2.61 bits per heavy atom. The zero-order valence-corrected chi connectivity index (χ0v) is 12.1. The van der Waals surface area contributed by atoms with Gasteiger partial charge in [0.2, 0.25) is 0 Å². The van der Waals surface area contributed by atoms with Gasteiger partial charge in [-0.05, 0) is 32.4 Å². The van der Waals surface area contributed by atoms with Crippen LogP contribution in [0.2, 0.25) is 0 Å². The largest absolute Gasteiger partial charge is 0.468 e. The average Bonchev–Trinajstić information content (AvgIpc) is 2.42. The van der Waals surface area contributed by atoms with Gasteiger partial charge in [-0.1, -0.05) is 45.4 Å². The third kappa shape index (κ3) is 5.38. The Morgan fingerprint density at radius 1 is 1.17 bits per heavy atom. The Labute approximate surface area is 112 Å². The number of unbranched alkanes of at least 4 members (excludes halogenated alkanes) is 5. The highest BCUT2D eigenvalue weighted by atomic mass is 16.5. The van der Waals surface area contributed by atoms with Gasteiger partial charge in [0, 0.05) is 0 Å². The lowest BCUT2D eigenvalue weighted by atomic mass is 10.0. The molecule has 18 heavy (non-hydrogen) atoms. The fourth-order valence-corrected chi connectivity index (χ4v) is 2.76. The first kappa shape index (κ1) is 15.5. The Morgan fingerprint density at radius 2 is 1.89 bits per heavy atom. The second-order valence-electron chi connectivity index (χ2n) is 5.34. The van der Waals surface area contributed by atoms with E-state index in [0.717, 1.165) is 25.9 Å². The molecular weight excluding hydrogens is 226 g/mol. The van der Waals surface area contributed by atoms with Crippen LogP contribution < -0.4 is 0 Å².